The molecule has 8 aromatic carbocycles. The minimum atomic E-state index is -0.416. The number of rotatable bonds is 7. The molecule has 4 bridgehead atoms. The molecule has 0 unspecified atom stereocenters. The maximum Gasteiger partial charge on any atom is 0.0726 e. The van der Waals surface area contributed by atoms with Crippen LogP contribution in [0.3, 0.4) is 0 Å². The van der Waals surface area contributed by atoms with Gasteiger partial charge in [-0.25, -0.2) is 0 Å². The summed E-state index contributed by atoms with van der Waals surface area (Å²) in [5.74, 6) is 3.47. The number of nitrogens with zero attached hydrogens (tertiary/aromatic N) is 1. The Kier molecular flexibility index (Phi) is 9.28. The highest BCUT2D eigenvalue weighted by molar-refractivity contribution is 5.97. The number of anilines is 3. The van der Waals surface area contributed by atoms with Gasteiger partial charge in [0.1, 0.15) is 0 Å². The summed E-state index contributed by atoms with van der Waals surface area (Å²) in [6.45, 7) is 4.51. The van der Waals surface area contributed by atoms with Crippen molar-refractivity contribution in [3.8, 4) is 44.5 Å². The van der Waals surface area contributed by atoms with Gasteiger partial charge in [0.2, 0.25) is 0 Å². The highest BCUT2D eigenvalue weighted by atomic mass is 15.1. The summed E-state index contributed by atoms with van der Waals surface area (Å²) < 4.78 is 0. The van der Waals surface area contributed by atoms with Crippen molar-refractivity contribution in [2.75, 3.05) is 4.90 Å². The fourth-order valence-electron chi connectivity index (χ4n) is 15.6. The molecule has 0 saturated heterocycles. The largest absolute Gasteiger partial charge is 0.310 e. The van der Waals surface area contributed by atoms with E-state index in [2.05, 4.69) is 195 Å². The lowest BCUT2D eigenvalue weighted by molar-refractivity contribution is -0.00518. The molecule has 0 aliphatic heterocycles. The monoisotopic (exact) mass is 879 g/mol. The molecule has 334 valence electrons. The molecule has 7 aliphatic rings. The number of hydrogen-bond acceptors (Lipinski definition) is 1. The molecular weight excluding hydrogens is 819 g/mol. The highest BCUT2D eigenvalue weighted by Crippen LogP contribution is 2.64. The van der Waals surface area contributed by atoms with Gasteiger partial charge in [-0.2, -0.15) is 0 Å². The molecule has 0 N–H and O–H groups in total. The van der Waals surface area contributed by atoms with Crippen molar-refractivity contribution in [3.63, 3.8) is 0 Å². The van der Waals surface area contributed by atoms with E-state index in [0.717, 1.165) is 17.8 Å². The average Bonchev–Trinajstić information content (AvgIpc) is 3.83. The third-order valence-corrected chi connectivity index (χ3v) is 18.2. The second kappa shape index (κ2) is 15.5. The van der Waals surface area contributed by atoms with Gasteiger partial charge in [-0.15, -0.1) is 0 Å². The zero-order valence-electron chi connectivity index (χ0n) is 39.8. The molecule has 15 rings (SSSR count). The molecule has 1 nitrogen and oxygen atoms in total. The quantitative estimate of drug-likeness (QED) is 0.154. The van der Waals surface area contributed by atoms with Crippen LogP contribution in [0.2, 0.25) is 0 Å². The van der Waals surface area contributed by atoms with Crippen molar-refractivity contribution in [2.45, 2.75) is 101 Å². The van der Waals surface area contributed by atoms with Crippen molar-refractivity contribution in [1.29, 1.82) is 0 Å². The molecule has 68 heavy (non-hydrogen) atoms. The zero-order chi connectivity index (χ0) is 45.1. The Bertz CT molecular complexity index is 3170. The van der Waals surface area contributed by atoms with Gasteiger partial charge >= 0.3 is 0 Å². The lowest BCUT2D eigenvalue weighted by Crippen LogP contribution is -2.48. The Labute approximate surface area is 403 Å². The predicted octanol–water partition coefficient (Wildman–Crippen LogP) is 18.0. The summed E-state index contributed by atoms with van der Waals surface area (Å²) in [7, 11) is 0. The van der Waals surface area contributed by atoms with Gasteiger partial charge in [-0.05, 0) is 209 Å². The van der Waals surface area contributed by atoms with Gasteiger partial charge in [0.25, 0.3) is 0 Å². The molecule has 1 spiro atoms. The summed E-state index contributed by atoms with van der Waals surface area (Å²) in [6, 6.07) is 68.9. The van der Waals surface area contributed by atoms with Gasteiger partial charge in [0, 0.05) is 17.1 Å². The Morgan fingerprint density at radius 3 is 1.43 bits per heavy atom. The third kappa shape index (κ3) is 6.20. The molecule has 5 fully saturated rings. The van der Waals surface area contributed by atoms with E-state index < -0.39 is 5.41 Å². The first kappa shape index (κ1) is 40.6. The molecule has 8 aromatic rings. The summed E-state index contributed by atoms with van der Waals surface area (Å²) >= 11 is 0. The molecule has 0 radical (unpaired) electrons. The van der Waals surface area contributed by atoms with E-state index in [0.29, 0.717) is 11.3 Å². The van der Waals surface area contributed by atoms with Crippen LogP contribution < -0.4 is 4.90 Å². The van der Waals surface area contributed by atoms with Crippen LogP contribution in [0.5, 0.6) is 0 Å². The van der Waals surface area contributed by atoms with Crippen LogP contribution in [0.15, 0.2) is 176 Å². The van der Waals surface area contributed by atoms with E-state index in [9.17, 15) is 0 Å². The Balaban J connectivity index is 0.903. The average molecular weight is 880 g/mol. The molecule has 0 amide bonds. The van der Waals surface area contributed by atoms with Gasteiger partial charge in [-0.1, -0.05) is 170 Å². The SMILES string of the molecule is Cc1ccc2c(c1)C1(c3ccccc3-c3ccc(N(c4ccc(-c5ccccc5-c5ccc(C6CCCCC6)cc5)cc4)c4ccc(C56CC7CC(CC(C7)C5)C6)cc4)cc31)c1cc(C)ccc1-2. The van der Waals surface area contributed by atoms with Crippen LogP contribution in [0.25, 0.3) is 44.5 Å². The zero-order valence-corrected chi connectivity index (χ0v) is 39.8. The summed E-state index contributed by atoms with van der Waals surface area (Å²) in [6.07, 6.45) is 15.3. The normalized spacial score (nSPS) is 22.5. The molecule has 0 aromatic heterocycles. The van der Waals surface area contributed by atoms with E-state index in [1.165, 1.54) is 171 Å². The second-order valence-electron chi connectivity index (χ2n) is 22.3. The van der Waals surface area contributed by atoms with Crippen LogP contribution in [0.1, 0.15) is 121 Å². The first-order chi connectivity index (χ1) is 33.4. The Hall–Kier alpha value is -6.44. The van der Waals surface area contributed by atoms with E-state index in [1.54, 1.807) is 5.56 Å². The lowest BCUT2D eigenvalue weighted by Gasteiger charge is -2.57. The molecule has 7 aliphatic carbocycles. The van der Waals surface area contributed by atoms with Gasteiger partial charge in [0.05, 0.1) is 5.41 Å². The standard InChI is InChI=1S/C67H61N/c1-43-16-31-59-60-32-17-44(2)35-64(60)67(63(59)34-43)62-15-9-8-14-58(62)61-33-30-55(39-65(61)67)68(54-28-24-52(25-29-54)66-40-45-36-46(41-66)38-47(37-45)42-66)53-26-22-51(23-27-53)57-13-7-6-12-56(57)50-20-18-49(19-21-50)48-10-4-3-5-11-48/h6-9,12-35,39,45-48H,3-5,10-11,36-38,40-42H2,1-2H3. The second-order valence-corrected chi connectivity index (χ2v) is 22.3. The summed E-state index contributed by atoms with van der Waals surface area (Å²) in [5.41, 5.74) is 25.3. The maximum atomic E-state index is 2.56. The minimum Gasteiger partial charge on any atom is -0.310 e. The van der Waals surface area contributed by atoms with Crippen molar-refractivity contribution in [3.05, 3.63) is 220 Å². The number of hydrogen-bond donors (Lipinski definition) is 0. The van der Waals surface area contributed by atoms with Crippen molar-refractivity contribution in [2.24, 2.45) is 17.8 Å². The van der Waals surface area contributed by atoms with Crippen molar-refractivity contribution in [1.82, 2.24) is 0 Å². The van der Waals surface area contributed by atoms with Crippen molar-refractivity contribution >= 4 is 17.1 Å². The topological polar surface area (TPSA) is 3.24 Å². The molecule has 1 heteroatoms. The highest BCUT2D eigenvalue weighted by Gasteiger charge is 2.53. The Morgan fingerprint density at radius 2 is 0.853 bits per heavy atom. The molecule has 0 atom stereocenters. The van der Waals surface area contributed by atoms with E-state index >= 15 is 0 Å². The minimum absolute atomic E-state index is 0.356. The smallest absolute Gasteiger partial charge is 0.0726 e. The number of fused-ring (bicyclic) bond motifs is 10. The summed E-state index contributed by atoms with van der Waals surface area (Å²) in [4.78, 5) is 2.55. The Morgan fingerprint density at radius 1 is 0.397 bits per heavy atom. The first-order valence-corrected chi connectivity index (χ1v) is 26.1. The fourth-order valence-corrected chi connectivity index (χ4v) is 15.6. The van der Waals surface area contributed by atoms with Gasteiger partial charge in [0.15, 0.2) is 0 Å². The van der Waals surface area contributed by atoms with Gasteiger partial charge in [-0.3, -0.25) is 0 Å². The molecule has 5 saturated carbocycles. The van der Waals surface area contributed by atoms with Crippen molar-refractivity contribution < 1.29 is 0 Å². The van der Waals surface area contributed by atoms with E-state index in [1.807, 2.05) is 0 Å². The fraction of sp³-hybridized carbons (Fsp3) is 0.284. The summed E-state index contributed by atoms with van der Waals surface area (Å²) in [5, 5.41) is 0. The third-order valence-electron chi connectivity index (χ3n) is 18.2. The van der Waals surface area contributed by atoms with Crippen LogP contribution in [0, 0.1) is 31.6 Å². The van der Waals surface area contributed by atoms with Crippen LogP contribution in [0.4, 0.5) is 17.1 Å². The molecular formula is C67H61N. The number of benzene rings is 8. The maximum absolute atomic E-state index is 2.56. The molecule has 0 heterocycles. The van der Waals surface area contributed by atoms with E-state index in [-0.39, 0.29) is 0 Å². The predicted molar refractivity (Wildman–Crippen MR) is 283 cm³/mol. The van der Waals surface area contributed by atoms with Crippen LogP contribution in [-0.4, -0.2) is 0 Å². The van der Waals surface area contributed by atoms with Gasteiger partial charge < -0.3 is 4.90 Å². The number of aryl methyl sites for hydroxylation is 2. The first-order valence-electron chi connectivity index (χ1n) is 26.1. The van der Waals surface area contributed by atoms with E-state index in [4.69, 9.17) is 0 Å². The van der Waals surface area contributed by atoms with Crippen LogP contribution in [-0.2, 0) is 10.8 Å². The lowest BCUT2D eigenvalue weighted by atomic mass is 9.48. The van der Waals surface area contributed by atoms with Crippen LogP contribution >= 0.6 is 0 Å².